The second kappa shape index (κ2) is 6.92. The van der Waals surface area contributed by atoms with Crippen molar-refractivity contribution in [3.63, 3.8) is 0 Å². The molecule has 0 unspecified atom stereocenters. The van der Waals surface area contributed by atoms with Crippen molar-refractivity contribution in [2.45, 2.75) is 32.6 Å². The summed E-state index contributed by atoms with van der Waals surface area (Å²) in [5, 5.41) is 0. The number of hydrogen-bond donors (Lipinski definition) is 1. The Bertz CT molecular complexity index is 398. The van der Waals surface area contributed by atoms with Gasteiger partial charge in [0, 0.05) is 18.8 Å². The molecule has 3 heteroatoms. The number of morpholine rings is 1. The fourth-order valence-corrected chi connectivity index (χ4v) is 2.62. The van der Waals surface area contributed by atoms with Gasteiger partial charge < -0.3 is 15.4 Å². The van der Waals surface area contributed by atoms with Gasteiger partial charge in [-0.1, -0.05) is 26.0 Å². The van der Waals surface area contributed by atoms with E-state index in [-0.39, 0.29) is 0 Å². The lowest BCUT2D eigenvalue weighted by Crippen LogP contribution is -2.36. The molecule has 0 radical (unpaired) electrons. The zero-order valence-electron chi connectivity index (χ0n) is 12.2. The van der Waals surface area contributed by atoms with Gasteiger partial charge in [0.25, 0.3) is 0 Å². The molecule has 0 spiro atoms. The SMILES string of the molecule is CC(C)c1cc(CCCN)ccc1N1CCOCC1. The fourth-order valence-electron chi connectivity index (χ4n) is 2.62. The van der Waals surface area contributed by atoms with Crippen molar-refractivity contribution in [2.75, 3.05) is 37.7 Å². The Morgan fingerprint density at radius 3 is 2.63 bits per heavy atom. The lowest BCUT2D eigenvalue weighted by molar-refractivity contribution is 0.122. The van der Waals surface area contributed by atoms with Crippen LogP contribution in [0.25, 0.3) is 0 Å². The molecule has 0 aromatic heterocycles. The molecule has 1 aliphatic heterocycles. The smallest absolute Gasteiger partial charge is 0.0642 e. The van der Waals surface area contributed by atoms with E-state index in [2.05, 4.69) is 36.9 Å². The molecule has 1 aromatic rings. The van der Waals surface area contributed by atoms with Gasteiger partial charge in [-0.3, -0.25) is 0 Å². The first-order chi connectivity index (χ1) is 9.22. The van der Waals surface area contributed by atoms with Gasteiger partial charge in [-0.2, -0.15) is 0 Å². The molecule has 19 heavy (non-hydrogen) atoms. The topological polar surface area (TPSA) is 38.5 Å². The van der Waals surface area contributed by atoms with Crippen molar-refractivity contribution in [3.8, 4) is 0 Å². The summed E-state index contributed by atoms with van der Waals surface area (Å²) >= 11 is 0. The number of anilines is 1. The minimum absolute atomic E-state index is 0.552. The average molecular weight is 262 g/mol. The first-order valence-electron chi connectivity index (χ1n) is 7.38. The highest BCUT2D eigenvalue weighted by Gasteiger charge is 2.16. The summed E-state index contributed by atoms with van der Waals surface area (Å²) in [5.74, 6) is 0.552. The first-order valence-corrected chi connectivity index (χ1v) is 7.38. The van der Waals surface area contributed by atoms with Crippen LogP contribution in [0.15, 0.2) is 18.2 Å². The lowest BCUT2D eigenvalue weighted by atomic mass is 9.96. The van der Waals surface area contributed by atoms with Crippen molar-refractivity contribution in [3.05, 3.63) is 29.3 Å². The van der Waals surface area contributed by atoms with Crippen LogP contribution in [-0.2, 0) is 11.2 Å². The Labute approximate surface area is 116 Å². The van der Waals surface area contributed by atoms with Crippen LogP contribution in [0.1, 0.15) is 37.3 Å². The molecular formula is C16H26N2O. The van der Waals surface area contributed by atoms with Crippen LogP contribution in [0.4, 0.5) is 5.69 Å². The Morgan fingerprint density at radius 2 is 2.00 bits per heavy atom. The summed E-state index contributed by atoms with van der Waals surface area (Å²) < 4.78 is 5.44. The van der Waals surface area contributed by atoms with E-state index in [1.807, 2.05) is 0 Å². The minimum Gasteiger partial charge on any atom is -0.378 e. The van der Waals surface area contributed by atoms with Crippen LogP contribution >= 0.6 is 0 Å². The van der Waals surface area contributed by atoms with Gasteiger partial charge in [0.15, 0.2) is 0 Å². The van der Waals surface area contributed by atoms with E-state index < -0.39 is 0 Å². The quantitative estimate of drug-likeness (QED) is 0.886. The maximum absolute atomic E-state index is 5.60. The predicted octanol–water partition coefficient (Wildman–Crippen LogP) is 2.54. The van der Waals surface area contributed by atoms with Crippen molar-refractivity contribution in [1.82, 2.24) is 0 Å². The van der Waals surface area contributed by atoms with Crippen LogP contribution in [0.5, 0.6) is 0 Å². The van der Waals surface area contributed by atoms with Crippen molar-refractivity contribution in [1.29, 1.82) is 0 Å². The fraction of sp³-hybridized carbons (Fsp3) is 0.625. The van der Waals surface area contributed by atoms with Gasteiger partial charge in [-0.15, -0.1) is 0 Å². The molecule has 1 aliphatic rings. The second-order valence-corrected chi connectivity index (χ2v) is 5.54. The molecule has 0 saturated carbocycles. The van der Waals surface area contributed by atoms with E-state index in [1.54, 1.807) is 0 Å². The summed E-state index contributed by atoms with van der Waals surface area (Å²) in [6, 6.07) is 6.91. The molecule has 0 atom stereocenters. The van der Waals surface area contributed by atoms with E-state index in [0.29, 0.717) is 5.92 Å². The summed E-state index contributed by atoms with van der Waals surface area (Å²) in [7, 11) is 0. The van der Waals surface area contributed by atoms with Gasteiger partial charge in [-0.05, 0) is 42.5 Å². The van der Waals surface area contributed by atoms with E-state index in [1.165, 1.54) is 16.8 Å². The number of ether oxygens (including phenoxy) is 1. The lowest BCUT2D eigenvalue weighted by Gasteiger charge is -2.31. The van der Waals surface area contributed by atoms with E-state index in [0.717, 1.165) is 45.7 Å². The van der Waals surface area contributed by atoms with Gasteiger partial charge in [-0.25, -0.2) is 0 Å². The van der Waals surface area contributed by atoms with E-state index >= 15 is 0 Å². The minimum atomic E-state index is 0.552. The molecule has 1 heterocycles. The third-order valence-corrected chi connectivity index (χ3v) is 3.74. The highest BCUT2D eigenvalue weighted by Crippen LogP contribution is 2.29. The molecule has 2 rings (SSSR count). The van der Waals surface area contributed by atoms with E-state index in [9.17, 15) is 0 Å². The summed E-state index contributed by atoms with van der Waals surface area (Å²) in [4.78, 5) is 2.45. The Balaban J connectivity index is 2.21. The van der Waals surface area contributed by atoms with Crippen LogP contribution < -0.4 is 10.6 Å². The number of hydrogen-bond acceptors (Lipinski definition) is 3. The molecule has 106 valence electrons. The van der Waals surface area contributed by atoms with E-state index in [4.69, 9.17) is 10.5 Å². The monoisotopic (exact) mass is 262 g/mol. The predicted molar refractivity (Wildman–Crippen MR) is 80.9 cm³/mol. The van der Waals surface area contributed by atoms with Crippen LogP contribution in [0.2, 0.25) is 0 Å². The number of nitrogens with two attached hydrogens (primary N) is 1. The maximum Gasteiger partial charge on any atom is 0.0642 e. The van der Waals surface area contributed by atoms with Gasteiger partial charge >= 0.3 is 0 Å². The van der Waals surface area contributed by atoms with Crippen molar-refractivity contribution in [2.24, 2.45) is 5.73 Å². The number of rotatable bonds is 5. The Morgan fingerprint density at radius 1 is 1.26 bits per heavy atom. The first kappa shape index (κ1) is 14.4. The summed E-state index contributed by atoms with van der Waals surface area (Å²) in [6.45, 7) is 8.99. The number of nitrogens with zero attached hydrogens (tertiary/aromatic N) is 1. The molecular weight excluding hydrogens is 236 g/mol. The molecule has 1 fully saturated rings. The number of aryl methyl sites for hydroxylation is 1. The second-order valence-electron chi connectivity index (χ2n) is 5.54. The Kier molecular flexibility index (Phi) is 5.23. The number of benzene rings is 1. The molecule has 1 aromatic carbocycles. The maximum atomic E-state index is 5.60. The van der Waals surface area contributed by atoms with Gasteiger partial charge in [0.1, 0.15) is 0 Å². The van der Waals surface area contributed by atoms with Gasteiger partial charge in [0.05, 0.1) is 13.2 Å². The highest BCUT2D eigenvalue weighted by atomic mass is 16.5. The standard InChI is InChI=1S/C16H26N2O/c1-13(2)15-12-14(4-3-7-17)5-6-16(15)18-8-10-19-11-9-18/h5-6,12-13H,3-4,7-11,17H2,1-2H3. The largest absolute Gasteiger partial charge is 0.378 e. The zero-order chi connectivity index (χ0) is 13.7. The molecule has 3 nitrogen and oxygen atoms in total. The van der Waals surface area contributed by atoms with Crippen molar-refractivity contribution >= 4 is 5.69 Å². The molecule has 1 saturated heterocycles. The van der Waals surface area contributed by atoms with Crippen LogP contribution in [0, 0.1) is 0 Å². The van der Waals surface area contributed by atoms with Crippen LogP contribution in [-0.4, -0.2) is 32.8 Å². The third-order valence-electron chi connectivity index (χ3n) is 3.74. The Hall–Kier alpha value is -1.06. The molecule has 2 N–H and O–H groups in total. The van der Waals surface area contributed by atoms with Crippen molar-refractivity contribution < 1.29 is 4.74 Å². The summed E-state index contributed by atoms with van der Waals surface area (Å²) in [5.41, 5.74) is 9.85. The zero-order valence-corrected chi connectivity index (χ0v) is 12.2. The third kappa shape index (κ3) is 3.71. The van der Waals surface area contributed by atoms with Gasteiger partial charge in [0.2, 0.25) is 0 Å². The normalized spacial score (nSPS) is 16.1. The molecule has 0 amide bonds. The average Bonchev–Trinajstić information content (AvgIpc) is 2.45. The molecule has 0 aliphatic carbocycles. The van der Waals surface area contributed by atoms with Crippen LogP contribution in [0.3, 0.4) is 0 Å². The molecule has 0 bridgehead atoms. The highest BCUT2D eigenvalue weighted by molar-refractivity contribution is 5.56. The summed E-state index contributed by atoms with van der Waals surface area (Å²) in [6.07, 6.45) is 2.15.